The van der Waals surface area contributed by atoms with Crippen molar-refractivity contribution in [1.29, 1.82) is 0 Å². The number of pyridine rings is 1. The maximum atomic E-state index is 12.0. The molecule has 0 saturated carbocycles. The second-order valence-corrected chi connectivity index (χ2v) is 4.15. The van der Waals surface area contributed by atoms with Gasteiger partial charge in [-0.1, -0.05) is 6.07 Å². The summed E-state index contributed by atoms with van der Waals surface area (Å²) < 4.78 is 1.45. The van der Waals surface area contributed by atoms with Gasteiger partial charge in [0.2, 0.25) is 5.91 Å². The lowest BCUT2D eigenvalue weighted by Crippen LogP contribution is -2.38. The molecule has 0 aromatic carbocycles. The monoisotopic (exact) mass is 271 g/mol. The van der Waals surface area contributed by atoms with Crippen LogP contribution in [0.2, 0.25) is 0 Å². The predicted molar refractivity (Wildman–Crippen MR) is 72.0 cm³/mol. The first-order valence-electron chi connectivity index (χ1n) is 5.91. The molecule has 1 fully saturated rings. The van der Waals surface area contributed by atoms with Gasteiger partial charge in [0.05, 0.1) is 0 Å². The molecule has 0 aliphatic carbocycles. The maximum Gasteiger partial charge on any atom is 0.250 e. The first-order valence-corrected chi connectivity index (χ1v) is 5.91. The van der Waals surface area contributed by atoms with Crippen LogP contribution in [0, 0.1) is 0 Å². The van der Waals surface area contributed by atoms with Crippen LogP contribution in [0.5, 0.6) is 0 Å². The fraction of sp³-hybridized carbons (Fsp3) is 0.500. The Morgan fingerprint density at radius 2 is 2.11 bits per heavy atom. The molecule has 1 saturated heterocycles. The largest absolute Gasteiger partial charge is 0.340 e. The molecule has 18 heavy (non-hydrogen) atoms. The highest BCUT2D eigenvalue weighted by Gasteiger charge is 2.15. The van der Waals surface area contributed by atoms with E-state index < -0.39 is 0 Å². The smallest absolute Gasteiger partial charge is 0.250 e. The summed E-state index contributed by atoms with van der Waals surface area (Å²) in [5.41, 5.74) is -0.131. The predicted octanol–water partition coefficient (Wildman–Crippen LogP) is 0.0920. The topological polar surface area (TPSA) is 54.3 Å². The lowest BCUT2D eigenvalue weighted by molar-refractivity contribution is -0.131. The third-order valence-electron chi connectivity index (χ3n) is 2.90. The molecule has 0 spiro atoms. The summed E-state index contributed by atoms with van der Waals surface area (Å²) in [7, 11) is 0. The van der Waals surface area contributed by atoms with Crippen molar-refractivity contribution in [2.75, 3.05) is 26.2 Å². The Hall–Kier alpha value is -1.33. The maximum absolute atomic E-state index is 12.0. The number of hydrogen-bond donors (Lipinski definition) is 1. The number of carbonyl (C=O) groups is 1. The van der Waals surface area contributed by atoms with E-state index in [1.54, 1.807) is 18.3 Å². The van der Waals surface area contributed by atoms with Crippen LogP contribution in [-0.2, 0) is 11.3 Å². The lowest BCUT2D eigenvalue weighted by Gasteiger charge is -2.20. The van der Waals surface area contributed by atoms with E-state index in [-0.39, 0.29) is 30.4 Å². The third kappa shape index (κ3) is 3.85. The Balaban J connectivity index is 0.00000162. The van der Waals surface area contributed by atoms with Gasteiger partial charge < -0.3 is 14.8 Å². The zero-order valence-electron chi connectivity index (χ0n) is 10.2. The second-order valence-electron chi connectivity index (χ2n) is 4.15. The summed E-state index contributed by atoms with van der Waals surface area (Å²) in [4.78, 5) is 25.3. The zero-order valence-corrected chi connectivity index (χ0v) is 11.0. The number of aromatic nitrogens is 1. The van der Waals surface area contributed by atoms with E-state index in [9.17, 15) is 9.59 Å². The molecular formula is C12H18ClN3O2. The second kappa shape index (κ2) is 7.18. The summed E-state index contributed by atoms with van der Waals surface area (Å²) in [5.74, 6) is 0.0157. The molecule has 100 valence electrons. The van der Waals surface area contributed by atoms with E-state index in [1.165, 1.54) is 10.6 Å². The average Bonchev–Trinajstić information content (AvgIpc) is 2.61. The minimum absolute atomic E-state index is 0. The van der Waals surface area contributed by atoms with Crippen molar-refractivity contribution in [3.63, 3.8) is 0 Å². The van der Waals surface area contributed by atoms with Crippen molar-refractivity contribution in [1.82, 2.24) is 14.8 Å². The van der Waals surface area contributed by atoms with Crippen molar-refractivity contribution in [2.45, 2.75) is 13.0 Å². The molecule has 0 bridgehead atoms. The first kappa shape index (κ1) is 14.7. The highest BCUT2D eigenvalue weighted by Crippen LogP contribution is 1.97. The molecule has 1 amide bonds. The Morgan fingerprint density at radius 1 is 1.28 bits per heavy atom. The van der Waals surface area contributed by atoms with Gasteiger partial charge in [-0.05, 0) is 19.0 Å². The summed E-state index contributed by atoms with van der Waals surface area (Å²) in [6.07, 6.45) is 2.62. The fourth-order valence-electron chi connectivity index (χ4n) is 1.93. The third-order valence-corrected chi connectivity index (χ3v) is 2.90. The SMILES string of the molecule is Cl.O=C(Cn1ccccc1=O)N1CCCNCC1. The van der Waals surface area contributed by atoms with Crippen LogP contribution in [0.4, 0.5) is 0 Å². The normalized spacial score (nSPS) is 15.7. The van der Waals surface area contributed by atoms with Crippen molar-refractivity contribution in [3.8, 4) is 0 Å². The van der Waals surface area contributed by atoms with Gasteiger partial charge in [0, 0.05) is 31.9 Å². The van der Waals surface area contributed by atoms with Gasteiger partial charge in [0.15, 0.2) is 0 Å². The molecule has 1 aromatic heterocycles. The van der Waals surface area contributed by atoms with E-state index >= 15 is 0 Å². The highest BCUT2D eigenvalue weighted by molar-refractivity contribution is 5.85. The van der Waals surface area contributed by atoms with Gasteiger partial charge in [-0.25, -0.2) is 0 Å². The summed E-state index contributed by atoms with van der Waals surface area (Å²) in [6, 6.07) is 4.91. The molecule has 1 aromatic rings. The van der Waals surface area contributed by atoms with E-state index in [0.717, 1.165) is 32.6 Å². The average molecular weight is 272 g/mol. The molecule has 5 nitrogen and oxygen atoms in total. The van der Waals surface area contributed by atoms with Crippen LogP contribution in [0.15, 0.2) is 29.2 Å². The molecule has 1 aliphatic heterocycles. The van der Waals surface area contributed by atoms with Crippen molar-refractivity contribution < 1.29 is 4.79 Å². The number of amides is 1. The quantitative estimate of drug-likeness (QED) is 0.830. The van der Waals surface area contributed by atoms with Crippen LogP contribution in [0.3, 0.4) is 0 Å². The molecule has 1 N–H and O–H groups in total. The molecule has 2 heterocycles. The minimum atomic E-state index is -0.131. The number of rotatable bonds is 2. The minimum Gasteiger partial charge on any atom is -0.340 e. The molecule has 0 radical (unpaired) electrons. The van der Waals surface area contributed by atoms with Crippen molar-refractivity contribution in [3.05, 3.63) is 34.7 Å². The van der Waals surface area contributed by atoms with E-state index in [0.29, 0.717) is 0 Å². The first-order chi connectivity index (χ1) is 8.27. The van der Waals surface area contributed by atoms with Crippen molar-refractivity contribution in [2.24, 2.45) is 0 Å². The zero-order chi connectivity index (χ0) is 12.1. The Morgan fingerprint density at radius 3 is 2.89 bits per heavy atom. The number of nitrogens with zero attached hydrogens (tertiary/aromatic N) is 2. The van der Waals surface area contributed by atoms with Crippen LogP contribution < -0.4 is 10.9 Å². The van der Waals surface area contributed by atoms with E-state index in [2.05, 4.69) is 5.32 Å². The number of hydrogen-bond acceptors (Lipinski definition) is 3. The van der Waals surface area contributed by atoms with Gasteiger partial charge in [-0.3, -0.25) is 9.59 Å². The Bertz CT molecular complexity index is 439. The van der Waals surface area contributed by atoms with Crippen LogP contribution >= 0.6 is 12.4 Å². The standard InChI is InChI=1S/C12H17N3O2.ClH/c16-11-4-1-2-7-15(11)10-12(17)14-8-3-5-13-6-9-14;/h1-2,4,7,13H,3,5-6,8-10H2;1H. The van der Waals surface area contributed by atoms with Gasteiger partial charge in [0.25, 0.3) is 5.56 Å². The fourth-order valence-corrected chi connectivity index (χ4v) is 1.93. The van der Waals surface area contributed by atoms with Gasteiger partial charge >= 0.3 is 0 Å². The van der Waals surface area contributed by atoms with Crippen LogP contribution in [0.1, 0.15) is 6.42 Å². The highest BCUT2D eigenvalue weighted by atomic mass is 35.5. The molecule has 6 heteroatoms. The number of nitrogens with one attached hydrogen (secondary N) is 1. The van der Waals surface area contributed by atoms with Gasteiger partial charge in [0.1, 0.15) is 6.54 Å². The Labute approximate surface area is 112 Å². The molecule has 1 aliphatic rings. The van der Waals surface area contributed by atoms with Gasteiger partial charge in [-0.2, -0.15) is 0 Å². The molecule has 2 rings (SSSR count). The van der Waals surface area contributed by atoms with Crippen LogP contribution in [0.25, 0.3) is 0 Å². The van der Waals surface area contributed by atoms with Crippen molar-refractivity contribution >= 4 is 18.3 Å². The molecule has 0 unspecified atom stereocenters. The van der Waals surface area contributed by atoms with E-state index in [1.807, 2.05) is 4.90 Å². The lowest BCUT2D eigenvalue weighted by atomic mass is 10.3. The van der Waals surface area contributed by atoms with Gasteiger partial charge in [-0.15, -0.1) is 12.4 Å². The summed E-state index contributed by atoms with van der Waals surface area (Å²) >= 11 is 0. The molecule has 0 atom stereocenters. The van der Waals surface area contributed by atoms with Crippen LogP contribution in [-0.4, -0.2) is 41.6 Å². The molecular weight excluding hydrogens is 254 g/mol. The van der Waals surface area contributed by atoms with E-state index in [4.69, 9.17) is 0 Å². The number of halogens is 1. The summed E-state index contributed by atoms with van der Waals surface area (Å²) in [5, 5.41) is 3.24. The Kier molecular flexibility index (Phi) is 5.88. The summed E-state index contributed by atoms with van der Waals surface area (Å²) in [6.45, 7) is 3.41. The number of carbonyl (C=O) groups excluding carboxylic acids is 1.